The van der Waals surface area contributed by atoms with Gasteiger partial charge in [0, 0.05) is 0 Å². The fraction of sp³-hybridized carbons (Fsp3) is 0.500. The summed E-state index contributed by atoms with van der Waals surface area (Å²) in [5.74, 6) is 0.125. The van der Waals surface area contributed by atoms with Crippen LogP contribution in [0.15, 0.2) is 24.3 Å². The summed E-state index contributed by atoms with van der Waals surface area (Å²) in [6.07, 6.45) is -1.46. The third-order valence-corrected chi connectivity index (χ3v) is 2.97. The molecule has 0 saturated carbocycles. The van der Waals surface area contributed by atoms with Crippen molar-refractivity contribution in [2.45, 2.75) is 46.1 Å². The maximum absolute atomic E-state index is 11.8. The molecule has 6 heteroatoms. The molecule has 2 N–H and O–H groups in total. The Morgan fingerprint density at radius 2 is 1.73 bits per heavy atom. The molecule has 0 heterocycles. The number of amides is 2. The molecule has 0 radical (unpaired) electrons. The molecular weight excluding hydrogens is 284 g/mol. The molecule has 0 aliphatic heterocycles. The lowest BCUT2D eigenvalue weighted by atomic mass is 9.87. The highest BCUT2D eigenvalue weighted by Gasteiger charge is 2.17. The Bertz CT molecular complexity index is 506. The Morgan fingerprint density at radius 3 is 2.23 bits per heavy atom. The summed E-state index contributed by atoms with van der Waals surface area (Å²) in [6, 6.07) is 7.58. The van der Waals surface area contributed by atoms with Gasteiger partial charge in [-0.15, -0.1) is 0 Å². The van der Waals surface area contributed by atoms with Gasteiger partial charge in [-0.1, -0.05) is 32.9 Å². The standard InChI is InChI=1S/C16H24N2O4/c1-6-21-15(20)18-17-14(19)11(2)22-13-9-7-12(8-10-13)16(3,4)5/h7-11H,6H2,1-5H3,(H,17,19)(H,18,20)/t11-/m1/s1. The van der Waals surface area contributed by atoms with Gasteiger partial charge in [0.2, 0.25) is 0 Å². The summed E-state index contributed by atoms with van der Waals surface area (Å²) < 4.78 is 10.2. The largest absolute Gasteiger partial charge is 0.481 e. The number of rotatable bonds is 4. The molecule has 1 atom stereocenters. The van der Waals surface area contributed by atoms with Gasteiger partial charge in [0.15, 0.2) is 6.10 Å². The molecule has 1 aromatic rings. The van der Waals surface area contributed by atoms with Crippen LogP contribution in [0, 0.1) is 0 Å². The zero-order valence-electron chi connectivity index (χ0n) is 13.7. The highest BCUT2D eigenvalue weighted by Crippen LogP contribution is 2.24. The van der Waals surface area contributed by atoms with Gasteiger partial charge < -0.3 is 9.47 Å². The number of benzene rings is 1. The number of carbonyl (C=O) groups excluding carboxylic acids is 2. The van der Waals surface area contributed by atoms with E-state index >= 15 is 0 Å². The van der Waals surface area contributed by atoms with Crippen LogP contribution in [0.1, 0.15) is 40.2 Å². The van der Waals surface area contributed by atoms with Crippen LogP contribution in [0.4, 0.5) is 4.79 Å². The molecule has 0 aliphatic carbocycles. The Balaban J connectivity index is 2.52. The van der Waals surface area contributed by atoms with E-state index in [0.29, 0.717) is 5.75 Å². The van der Waals surface area contributed by atoms with E-state index in [-0.39, 0.29) is 12.0 Å². The Kier molecular flexibility index (Phi) is 6.22. The second-order valence-electron chi connectivity index (χ2n) is 5.87. The maximum Gasteiger partial charge on any atom is 0.426 e. The second kappa shape index (κ2) is 7.68. The molecule has 0 saturated heterocycles. The molecule has 0 fully saturated rings. The molecule has 2 amide bonds. The lowest BCUT2D eigenvalue weighted by Crippen LogP contribution is -2.47. The number of hydrogen-bond acceptors (Lipinski definition) is 4. The fourth-order valence-electron chi connectivity index (χ4n) is 1.67. The third kappa shape index (κ3) is 5.63. The maximum atomic E-state index is 11.8. The summed E-state index contributed by atoms with van der Waals surface area (Å²) in [4.78, 5) is 22.8. The first-order valence-electron chi connectivity index (χ1n) is 7.24. The average Bonchev–Trinajstić information content (AvgIpc) is 2.44. The van der Waals surface area contributed by atoms with Crippen molar-refractivity contribution >= 4 is 12.0 Å². The molecule has 0 unspecified atom stereocenters. The van der Waals surface area contributed by atoms with Gasteiger partial charge in [0.05, 0.1) is 6.61 Å². The topological polar surface area (TPSA) is 76.7 Å². The van der Waals surface area contributed by atoms with Gasteiger partial charge in [-0.05, 0) is 37.0 Å². The minimum absolute atomic E-state index is 0.0606. The number of carbonyl (C=O) groups is 2. The Morgan fingerprint density at radius 1 is 1.14 bits per heavy atom. The van der Waals surface area contributed by atoms with Crippen LogP contribution in [-0.4, -0.2) is 24.7 Å². The third-order valence-electron chi connectivity index (χ3n) is 2.97. The predicted molar refractivity (Wildman–Crippen MR) is 83.5 cm³/mol. The van der Waals surface area contributed by atoms with Crippen LogP contribution in [0.25, 0.3) is 0 Å². The van der Waals surface area contributed by atoms with Crippen LogP contribution in [0.3, 0.4) is 0 Å². The number of nitrogens with one attached hydrogen (secondary N) is 2. The molecule has 1 rings (SSSR count). The van der Waals surface area contributed by atoms with E-state index < -0.39 is 18.1 Å². The molecule has 6 nitrogen and oxygen atoms in total. The summed E-state index contributed by atoms with van der Waals surface area (Å²) in [5, 5.41) is 0. The average molecular weight is 308 g/mol. The predicted octanol–water partition coefficient (Wildman–Crippen LogP) is 2.53. The quantitative estimate of drug-likeness (QED) is 0.838. The number of hydrazine groups is 1. The minimum Gasteiger partial charge on any atom is -0.481 e. The van der Waals surface area contributed by atoms with Gasteiger partial charge in [-0.25, -0.2) is 10.2 Å². The first kappa shape index (κ1) is 17.8. The van der Waals surface area contributed by atoms with Crippen molar-refractivity contribution in [3.63, 3.8) is 0 Å². The van der Waals surface area contributed by atoms with E-state index in [1.165, 1.54) is 5.56 Å². The van der Waals surface area contributed by atoms with Crippen molar-refractivity contribution in [1.29, 1.82) is 0 Å². The lowest BCUT2D eigenvalue weighted by Gasteiger charge is -2.20. The highest BCUT2D eigenvalue weighted by molar-refractivity contribution is 5.82. The Hall–Kier alpha value is -2.24. The monoisotopic (exact) mass is 308 g/mol. The van der Waals surface area contributed by atoms with Gasteiger partial charge in [0.25, 0.3) is 5.91 Å². The normalized spacial score (nSPS) is 12.2. The van der Waals surface area contributed by atoms with E-state index in [1.807, 2.05) is 24.3 Å². The van der Waals surface area contributed by atoms with Crippen molar-refractivity contribution < 1.29 is 19.1 Å². The van der Waals surface area contributed by atoms with E-state index in [9.17, 15) is 9.59 Å². The molecule has 0 aromatic heterocycles. The van der Waals surface area contributed by atoms with Crippen LogP contribution >= 0.6 is 0 Å². The molecular formula is C16H24N2O4. The highest BCUT2D eigenvalue weighted by atomic mass is 16.6. The molecule has 1 aromatic carbocycles. The molecule has 22 heavy (non-hydrogen) atoms. The van der Waals surface area contributed by atoms with E-state index in [2.05, 4.69) is 36.4 Å². The van der Waals surface area contributed by atoms with Crippen molar-refractivity contribution in [3.05, 3.63) is 29.8 Å². The van der Waals surface area contributed by atoms with Crippen molar-refractivity contribution in [3.8, 4) is 5.75 Å². The van der Waals surface area contributed by atoms with Crippen molar-refractivity contribution in [2.75, 3.05) is 6.61 Å². The molecule has 0 bridgehead atoms. The molecule has 0 spiro atoms. The van der Waals surface area contributed by atoms with Crippen molar-refractivity contribution in [1.82, 2.24) is 10.9 Å². The smallest absolute Gasteiger partial charge is 0.426 e. The summed E-state index contributed by atoms with van der Waals surface area (Å²) in [7, 11) is 0. The second-order valence-corrected chi connectivity index (χ2v) is 5.87. The Labute approximate surface area is 131 Å². The fourth-order valence-corrected chi connectivity index (χ4v) is 1.67. The zero-order valence-corrected chi connectivity index (χ0v) is 13.7. The molecule has 122 valence electrons. The van der Waals surface area contributed by atoms with Gasteiger partial charge in [-0.2, -0.15) is 0 Å². The minimum atomic E-state index is -0.748. The van der Waals surface area contributed by atoms with Crippen LogP contribution in [0.2, 0.25) is 0 Å². The number of ether oxygens (including phenoxy) is 2. The van der Waals surface area contributed by atoms with Gasteiger partial charge in [0.1, 0.15) is 5.75 Å². The summed E-state index contributed by atoms with van der Waals surface area (Å²) in [5.41, 5.74) is 5.61. The van der Waals surface area contributed by atoms with Gasteiger partial charge in [-0.3, -0.25) is 10.2 Å². The molecule has 0 aliphatic rings. The van der Waals surface area contributed by atoms with E-state index in [1.54, 1.807) is 13.8 Å². The first-order valence-corrected chi connectivity index (χ1v) is 7.24. The van der Waals surface area contributed by atoms with E-state index in [4.69, 9.17) is 4.74 Å². The SMILES string of the molecule is CCOC(=O)NNC(=O)[C@@H](C)Oc1ccc(C(C)(C)C)cc1. The number of hydrogen-bond donors (Lipinski definition) is 2. The van der Waals surface area contributed by atoms with Crippen LogP contribution in [-0.2, 0) is 14.9 Å². The van der Waals surface area contributed by atoms with Crippen LogP contribution in [0.5, 0.6) is 5.75 Å². The first-order chi connectivity index (χ1) is 10.2. The summed E-state index contributed by atoms with van der Waals surface area (Å²) in [6.45, 7) is 9.88. The van der Waals surface area contributed by atoms with Crippen molar-refractivity contribution in [2.24, 2.45) is 0 Å². The van der Waals surface area contributed by atoms with Crippen LogP contribution < -0.4 is 15.6 Å². The lowest BCUT2D eigenvalue weighted by molar-refractivity contribution is -0.128. The summed E-state index contributed by atoms with van der Waals surface area (Å²) >= 11 is 0. The van der Waals surface area contributed by atoms with E-state index in [0.717, 1.165) is 0 Å². The van der Waals surface area contributed by atoms with Gasteiger partial charge >= 0.3 is 6.09 Å². The zero-order chi connectivity index (χ0) is 16.8.